The molecule has 0 aliphatic carbocycles. The van der Waals surface area contributed by atoms with Crippen molar-refractivity contribution in [2.75, 3.05) is 13.2 Å². The summed E-state index contributed by atoms with van der Waals surface area (Å²) in [6.45, 7) is 7.08. The van der Waals surface area contributed by atoms with E-state index in [1.54, 1.807) is 0 Å². The van der Waals surface area contributed by atoms with Crippen molar-refractivity contribution in [3.8, 4) is 0 Å². The summed E-state index contributed by atoms with van der Waals surface area (Å²) < 4.78 is 7.71. The van der Waals surface area contributed by atoms with Gasteiger partial charge in [0.25, 0.3) is 5.56 Å². The monoisotopic (exact) mass is 470 g/mol. The van der Waals surface area contributed by atoms with Gasteiger partial charge in [0.05, 0.1) is 12.6 Å². The van der Waals surface area contributed by atoms with Crippen LogP contribution in [0, 0.1) is 13.8 Å². The number of tetrazole rings is 1. The molecule has 35 heavy (non-hydrogen) atoms. The lowest BCUT2D eigenvalue weighted by Gasteiger charge is -2.35. The third-order valence-electron chi connectivity index (χ3n) is 7.51. The van der Waals surface area contributed by atoms with Crippen molar-refractivity contribution in [1.29, 1.82) is 0 Å². The van der Waals surface area contributed by atoms with Gasteiger partial charge in [-0.05, 0) is 89.4 Å². The predicted octanol–water partition coefficient (Wildman–Crippen LogP) is 3.46. The van der Waals surface area contributed by atoms with Gasteiger partial charge >= 0.3 is 0 Å². The molecular formula is C27H30N6O2. The van der Waals surface area contributed by atoms with Gasteiger partial charge in [0.15, 0.2) is 5.82 Å². The zero-order valence-corrected chi connectivity index (χ0v) is 20.2. The number of hydrogen-bond acceptors (Lipinski definition) is 6. The highest BCUT2D eigenvalue weighted by atomic mass is 16.5. The van der Waals surface area contributed by atoms with Crippen LogP contribution in [0.25, 0.3) is 10.9 Å². The minimum absolute atomic E-state index is 0.0977. The highest BCUT2D eigenvalue weighted by Crippen LogP contribution is 2.32. The van der Waals surface area contributed by atoms with Gasteiger partial charge in [-0.1, -0.05) is 24.3 Å². The third kappa shape index (κ3) is 4.17. The third-order valence-corrected chi connectivity index (χ3v) is 7.51. The first kappa shape index (κ1) is 22.1. The predicted molar refractivity (Wildman–Crippen MR) is 133 cm³/mol. The van der Waals surface area contributed by atoms with Crippen molar-refractivity contribution >= 4 is 10.9 Å². The largest absolute Gasteiger partial charge is 0.376 e. The summed E-state index contributed by atoms with van der Waals surface area (Å²) in [5.74, 6) is 0.688. The molecule has 1 fully saturated rings. The van der Waals surface area contributed by atoms with E-state index in [1.807, 2.05) is 16.8 Å². The maximum atomic E-state index is 13.5. The first-order valence-electron chi connectivity index (χ1n) is 12.4. The molecule has 0 radical (unpaired) electrons. The molecule has 0 saturated carbocycles. The Balaban J connectivity index is 1.47. The van der Waals surface area contributed by atoms with Gasteiger partial charge in [0.1, 0.15) is 6.04 Å². The summed E-state index contributed by atoms with van der Waals surface area (Å²) in [4.78, 5) is 19.0. The smallest absolute Gasteiger partial charge is 0.253 e. The Morgan fingerprint density at radius 2 is 1.97 bits per heavy atom. The summed E-state index contributed by atoms with van der Waals surface area (Å²) >= 11 is 0. The average molecular weight is 471 g/mol. The number of nitrogens with zero attached hydrogens (tertiary/aromatic N) is 5. The lowest BCUT2D eigenvalue weighted by molar-refractivity contribution is 0.0904. The Morgan fingerprint density at radius 3 is 2.80 bits per heavy atom. The van der Waals surface area contributed by atoms with E-state index < -0.39 is 0 Å². The number of aryl methyl sites for hydroxylation is 2. The number of aromatic amines is 1. The standard InChI is InChI=1S/C27H30N6O2/c1-17-12-21-14-23(27(34)28-24(21)13-18(17)2)25(32-10-9-19-6-3-4-7-20(19)15-32)26-29-30-31-33(26)16-22-8-5-11-35-22/h3-4,6-7,12-14,22,25H,5,8-11,15-16H2,1-2H3,(H,28,34). The van der Waals surface area contributed by atoms with E-state index in [0.717, 1.165) is 55.4 Å². The van der Waals surface area contributed by atoms with Gasteiger partial charge in [0.2, 0.25) is 0 Å². The zero-order valence-electron chi connectivity index (χ0n) is 20.2. The Kier molecular flexibility index (Phi) is 5.70. The van der Waals surface area contributed by atoms with E-state index in [4.69, 9.17) is 4.74 Å². The van der Waals surface area contributed by atoms with Crippen LogP contribution in [0.2, 0.25) is 0 Å². The second-order valence-corrected chi connectivity index (χ2v) is 9.82. The van der Waals surface area contributed by atoms with Crippen LogP contribution in [0.4, 0.5) is 0 Å². The number of aromatic nitrogens is 5. The van der Waals surface area contributed by atoms with Crippen molar-refractivity contribution in [2.24, 2.45) is 0 Å². The summed E-state index contributed by atoms with van der Waals surface area (Å²) in [5, 5.41) is 13.8. The molecule has 8 nitrogen and oxygen atoms in total. The average Bonchev–Trinajstić information content (AvgIpc) is 3.54. The second-order valence-electron chi connectivity index (χ2n) is 9.82. The molecule has 2 aromatic heterocycles. The molecule has 2 atom stereocenters. The molecule has 0 spiro atoms. The van der Waals surface area contributed by atoms with Gasteiger partial charge in [0, 0.05) is 30.8 Å². The highest BCUT2D eigenvalue weighted by molar-refractivity contribution is 5.81. The highest BCUT2D eigenvalue weighted by Gasteiger charge is 2.33. The minimum atomic E-state index is -0.366. The fourth-order valence-electron chi connectivity index (χ4n) is 5.45. The van der Waals surface area contributed by atoms with Crippen molar-refractivity contribution in [3.05, 3.63) is 86.5 Å². The van der Waals surface area contributed by atoms with Crippen molar-refractivity contribution in [2.45, 2.75) is 58.3 Å². The van der Waals surface area contributed by atoms with Crippen LogP contribution in [0.3, 0.4) is 0 Å². The van der Waals surface area contributed by atoms with Crippen LogP contribution < -0.4 is 5.56 Å². The van der Waals surface area contributed by atoms with Crippen LogP contribution in [0.5, 0.6) is 0 Å². The van der Waals surface area contributed by atoms with E-state index in [1.165, 1.54) is 16.7 Å². The Morgan fingerprint density at radius 1 is 1.14 bits per heavy atom. The van der Waals surface area contributed by atoms with Crippen LogP contribution in [-0.2, 0) is 24.2 Å². The van der Waals surface area contributed by atoms with E-state index in [9.17, 15) is 4.79 Å². The number of nitrogens with one attached hydrogen (secondary N) is 1. The maximum Gasteiger partial charge on any atom is 0.253 e. The Labute approximate surface area is 203 Å². The fraction of sp³-hybridized carbons (Fsp3) is 0.407. The number of benzene rings is 2. The van der Waals surface area contributed by atoms with Crippen molar-refractivity contribution in [3.63, 3.8) is 0 Å². The molecule has 0 amide bonds. The van der Waals surface area contributed by atoms with Crippen LogP contribution in [0.1, 0.15) is 52.5 Å². The number of rotatable bonds is 5. The number of H-pyrrole nitrogens is 1. The molecule has 1 N–H and O–H groups in total. The number of ether oxygens (including phenoxy) is 1. The molecule has 4 heterocycles. The Hall–Kier alpha value is -3.36. The van der Waals surface area contributed by atoms with Crippen LogP contribution in [-0.4, -0.2) is 49.3 Å². The molecule has 2 aliphatic rings. The van der Waals surface area contributed by atoms with Gasteiger partial charge in [-0.25, -0.2) is 4.68 Å². The molecule has 4 aromatic rings. The number of pyridine rings is 1. The van der Waals surface area contributed by atoms with Crippen molar-refractivity contribution in [1.82, 2.24) is 30.1 Å². The zero-order chi connectivity index (χ0) is 23.9. The summed E-state index contributed by atoms with van der Waals surface area (Å²) in [6.07, 6.45) is 3.07. The summed E-state index contributed by atoms with van der Waals surface area (Å²) in [6, 6.07) is 14.4. The fourth-order valence-corrected chi connectivity index (χ4v) is 5.45. The normalized spacial score (nSPS) is 19.2. The van der Waals surface area contributed by atoms with Crippen molar-refractivity contribution < 1.29 is 4.74 Å². The molecular weight excluding hydrogens is 440 g/mol. The minimum Gasteiger partial charge on any atom is -0.376 e. The van der Waals surface area contributed by atoms with E-state index in [2.05, 4.69) is 69.6 Å². The van der Waals surface area contributed by atoms with Gasteiger partial charge in [-0.15, -0.1) is 5.10 Å². The molecule has 8 heteroatoms. The molecule has 2 unspecified atom stereocenters. The van der Waals surface area contributed by atoms with Crippen LogP contribution in [0.15, 0.2) is 47.3 Å². The quantitative estimate of drug-likeness (QED) is 0.481. The second kappa shape index (κ2) is 9.02. The van der Waals surface area contributed by atoms with E-state index >= 15 is 0 Å². The van der Waals surface area contributed by atoms with E-state index in [0.29, 0.717) is 17.9 Å². The SMILES string of the molecule is Cc1cc2cc(C(c3nnnn3CC3CCCO3)N3CCc4ccccc4C3)c(=O)[nH]c2cc1C. The molecule has 2 aromatic carbocycles. The first-order valence-corrected chi connectivity index (χ1v) is 12.4. The van der Waals surface area contributed by atoms with Gasteiger partial charge in [-0.3, -0.25) is 9.69 Å². The topological polar surface area (TPSA) is 88.9 Å². The van der Waals surface area contributed by atoms with Gasteiger partial charge in [-0.2, -0.15) is 0 Å². The van der Waals surface area contributed by atoms with Crippen LogP contribution >= 0.6 is 0 Å². The maximum absolute atomic E-state index is 13.5. The number of hydrogen-bond donors (Lipinski definition) is 1. The molecule has 0 bridgehead atoms. The van der Waals surface area contributed by atoms with Gasteiger partial charge < -0.3 is 9.72 Å². The summed E-state index contributed by atoms with van der Waals surface area (Å²) in [7, 11) is 0. The molecule has 1 saturated heterocycles. The number of fused-ring (bicyclic) bond motifs is 2. The molecule has 2 aliphatic heterocycles. The summed E-state index contributed by atoms with van der Waals surface area (Å²) in [5.41, 5.74) is 6.42. The Bertz CT molecular complexity index is 1440. The van der Waals surface area contributed by atoms with E-state index in [-0.39, 0.29) is 17.7 Å². The lowest BCUT2D eigenvalue weighted by atomic mass is 9.95. The lowest BCUT2D eigenvalue weighted by Crippen LogP contribution is -2.39. The molecule has 180 valence electrons. The molecule has 6 rings (SSSR count). The first-order chi connectivity index (χ1) is 17.1.